The van der Waals surface area contributed by atoms with Crippen LogP contribution in [0, 0.1) is 10.1 Å². The summed E-state index contributed by atoms with van der Waals surface area (Å²) in [7, 11) is 0. The Morgan fingerprint density at radius 3 is 2.62 bits per heavy atom. The van der Waals surface area contributed by atoms with E-state index in [-0.39, 0.29) is 11.5 Å². The SMILES string of the molecule is CCCCCc1ccc(Oc2nc3ccccn3c(=O)c2[N+](=O)[O-])cc1. The van der Waals surface area contributed by atoms with Gasteiger partial charge >= 0.3 is 17.1 Å². The molecule has 0 saturated carbocycles. The van der Waals surface area contributed by atoms with Crippen LogP contribution in [0.2, 0.25) is 0 Å². The fourth-order valence-corrected chi connectivity index (χ4v) is 2.70. The number of benzene rings is 1. The number of unbranched alkanes of at least 4 members (excludes halogenated alkanes) is 2. The molecule has 134 valence electrons. The van der Waals surface area contributed by atoms with Gasteiger partial charge in [0.05, 0.1) is 4.92 Å². The maximum Gasteiger partial charge on any atom is 0.396 e. The van der Waals surface area contributed by atoms with E-state index in [0.29, 0.717) is 5.75 Å². The summed E-state index contributed by atoms with van der Waals surface area (Å²) in [6.07, 6.45) is 5.87. The molecule has 0 aliphatic rings. The van der Waals surface area contributed by atoms with Gasteiger partial charge in [0.2, 0.25) is 0 Å². The predicted molar refractivity (Wildman–Crippen MR) is 97.9 cm³/mol. The Morgan fingerprint density at radius 1 is 1.15 bits per heavy atom. The summed E-state index contributed by atoms with van der Waals surface area (Å²) in [6.45, 7) is 2.16. The molecule has 3 aromatic rings. The van der Waals surface area contributed by atoms with Crippen LogP contribution < -0.4 is 10.3 Å². The first-order valence-corrected chi connectivity index (χ1v) is 8.52. The van der Waals surface area contributed by atoms with Crippen molar-refractivity contribution in [2.75, 3.05) is 0 Å². The zero-order valence-electron chi connectivity index (χ0n) is 14.4. The van der Waals surface area contributed by atoms with E-state index in [1.165, 1.54) is 18.2 Å². The van der Waals surface area contributed by atoms with Gasteiger partial charge in [-0.25, -0.2) is 0 Å². The molecule has 0 saturated heterocycles. The second-order valence-electron chi connectivity index (χ2n) is 5.96. The average Bonchev–Trinajstić information content (AvgIpc) is 2.63. The van der Waals surface area contributed by atoms with E-state index in [1.54, 1.807) is 30.3 Å². The van der Waals surface area contributed by atoms with Crippen molar-refractivity contribution in [1.82, 2.24) is 9.38 Å². The number of rotatable bonds is 7. The second kappa shape index (κ2) is 7.77. The van der Waals surface area contributed by atoms with Crippen molar-refractivity contribution in [1.29, 1.82) is 0 Å². The maximum absolute atomic E-state index is 12.4. The van der Waals surface area contributed by atoms with Crippen LogP contribution in [0.4, 0.5) is 5.69 Å². The van der Waals surface area contributed by atoms with Crippen molar-refractivity contribution >= 4 is 11.3 Å². The highest BCUT2D eigenvalue weighted by atomic mass is 16.6. The number of aromatic nitrogens is 2. The quantitative estimate of drug-likeness (QED) is 0.362. The smallest absolute Gasteiger partial charge is 0.396 e. The number of ether oxygens (including phenoxy) is 1. The summed E-state index contributed by atoms with van der Waals surface area (Å²) < 4.78 is 6.70. The van der Waals surface area contributed by atoms with Gasteiger partial charge in [0.1, 0.15) is 11.4 Å². The number of fused-ring (bicyclic) bond motifs is 1. The van der Waals surface area contributed by atoms with Crippen LogP contribution >= 0.6 is 0 Å². The molecule has 7 heteroatoms. The molecular weight excluding hydrogens is 334 g/mol. The highest BCUT2D eigenvalue weighted by Crippen LogP contribution is 2.27. The van der Waals surface area contributed by atoms with Gasteiger partial charge in [0.15, 0.2) is 0 Å². The normalized spacial score (nSPS) is 10.8. The van der Waals surface area contributed by atoms with Crippen molar-refractivity contribution in [3.8, 4) is 11.6 Å². The lowest BCUT2D eigenvalue weighted by Gasteiger charge is -2.08. The number of nitrogens with zero attached hydrogens (tertiary/aromatic N) is 3. The van der Waals surface area contributed by atoms with Crippen molar-refractivity contribution in [3.05, 3.63) is 74.7 Å². The zero-order valence-corrected chi connectivity index (χ0v) is 14.4. The summed E-state index contributed by atoms with van der Waals surface area (Å²) in [5, 5.41) is 11.3. The molecule has 0 amide bonds. The highest BCUT2D eigenvalue weighted by Gasteiger charge is 2.25. The Balaban J connectivity index is 1.92. The maximum atomic E-state index is 12.4. The molecule has 0 spiro atoms. The summed E-state index contributed by atoms with van der Waals surface area (Å²) in [6, 6.07) is 12.2. The van der Waals surface area contributed by atoms with Crippen LogP contribution in [-0.2, 0) is 6.42 Å². The number of hydrogen-bond donors (Lipinski definition) is 0. The minimum Gasteiger partial charge on any atom is -0.433 e. The van der Waals surface area contributed by atoms with Crippen LogP contribution in [0.3, 0.4) is 0 Å². The van der Waals surface area contributed by atoms with Crippen molar-refractivity contribution in [2.24, 2.45) is 0 Å². The van der Waals surface area contributed by atoms with Crippen molar-refractivity contribution < 1.29 is 9.66 Å². The van der Waals surface area contributed by atoms with Crippen LogP contribution in [0.1, 0.15) is 31.7 Å². The van der Waals surface area contributed by atoms with E-state index in [0.717, 1.165) is 23.7 Å². The molecule has 26 heavy (non-hydrogen) atoms. The fraction of sp³-hybridized carbons (Fsp3) is 0.263. The van der Waals surface area contributed by atoms with Gasteiger partial charge in [-0.05, 0) is 42.7 Å². The average molecular weight is 353 g/mol. The third-order valence-corrected chi connectivity index (χ3v) is 4.07. The van der Waals surface area contributed by atoms with E-state index in [2.05, 4.69) is 11.9 Å². The molecule has 0 unspecified atom stereocenters. The van der Waals surface area contributed by atoms with Gasteiger partial charge in [-0.15, -0.1) is 0 Å². The molecule has 0 aliphatic heterocycles. The van der Waals surface area contributed by atoms with Gasteiger partial charge in [-0.2, -0.15) is 4.98 Å². The van der Waals surface area contributed by atoms with E-state index in [4.69, 9.17) is 4.74 Å². The summed E-state index contributed by atoms with van der Waals surface area (Å²) in [5.41, 5.74) is 0.00799. The standard InChI is InChI=1S/C19H19N3O4/c1-2-3-4-7-14-9-11-15(12-10-14)26-18-17(22(24)25)19(23)21-13-6-5-8-16(21)20-18/h5-6,8-13H,2-4,7H2,1H3. The lowest BCUT2D eigenvalue weighted by Crippen LogP contribution is -2.19. The molecule has 0 radical (unpaired) electrons. The first kappa shape index (κ1) is 17.6. The lowest BCUT2D eigenvalue weighted by molar-refractivity contribution is -0.387. The van der Waals surface area contributed by atoms with Crippen LogP contribution in [0.5, 0.6) is 11.6 Å². The zero-order chi connectivity index (χ0) is 18.5. The number of pyridine rings is 1. The first-order chi connectivity index (χ1) is 12.6. The molecule has 0 fully saturated rings. The molecule has 0 N–H and O–H groups in total. The van der Waals surface area contributed by atoms with Gasteiger partial charge in [0.25, 0.3) is 0 Å². The highest BCUT2D eigenvalue weighted by molar-refractivity contribution is 5.50. The molecule has 2 heterocycles. The van der Waals surface area contributed by atoms with Gasteiger partial charge in [-0.1, -0.05) is 38.0 Å². The summed E-state index contributed by atoms with van der Waals surface area (Å²) in [4.78, 5) is 27.1. The summed E-state index contributed by atoms with van der Waals surface area (Å²) >= 11 is 0. The molecular formula is C19H19N3O4. The largest absolute Gasteiger partial charge is 0.433 e. The third-order valence-electron chi connectivity index (χ3n) is 4.07. The summed E-state index contributed by atoms with van der Waals surface area (Å²) in [5.74, 6) is 0.101. The number of nitro groups is 1. The lowest BCUT2D eigenvalue weighted by atomic mass is 10.1. The number of hydrogen-bond acceptors (Lipinski definition) is 5. The minimum absolute atomic E-state index is 0.286. The Labute approximate surface area is 150 Å². The third kappa shape index (κ3) is 3.72. The topological polar surface area (TPSA) is 86.7 Å². The van der Waals surface area contributed by atoms with E-state index in [1.807, 2.05) is 12.1 Å². The van der Waals surface area contributed by atoms with E-state index < -0.39 is 16.2 Å². The molecule has 1 aromatic carbocycles. The predicted octanol–water partition coefficient (Wildman–Crippen LogP) is 4.13. The van der Waals surface area contributed by atoms with Crippen molar-refractivity contribution in [2.45, 2.75) is 32.6 Å². The molecule has 0 bridgehead atoms. The Morgan fingerprint density at radius 2 is 1.92 bits per heavy atom. The fourth-order valence-electron chi connectivity index (χ4n) is 2.70. The second-order valence-corrected chi connectivity index (χ2v) is 5.96. The van der Waals surface area contributed by atoms with E-state index >= 15 is 0 Å². The first-order valence-electron chi connectivity index (χ1n) is 8.52. The Hall–Kier alpha value is -3.22. The Kier molecular flexibility index (Phi) is 5.26. The molecule has 3 rings (SSSR count). The minimum atomic E-state index is -0.771. The van der Waals surface area contributed by atoms with Crippen molar-refractivity contribution in [3.63, 3.8) is 0 Å². The molecule has 0 atom stereocenters. The van der Waals surface area contributed by atoms with Gasteiger partial charge in [-0.3, -0.25) is 19.3 Å². The van der Waals surface area contributed by atoms with Crippen LogP contribution in [0.25, 0.3) is 5.65 Å². The van der Waals surface area contributed by atoms with Gasteiger partial charge < -0.3 is 4.74 Å². The number of aryl methyl sites for hydroxylation is 1. The molecule has 2 aromatic heterocycles. The Bertz CT molecular complexity index is 980. The van der Waals surface area contributed by atoms with E-state index in [9.17, 15) is 14.9 Å². The molecule has 0 aliphatic carbocycles. The molecule has 7 nitrogen and oxygen atoms in total. The van der Waals surface area contributed by atoms with Gasteiger partial charge in [0, 0.05) is 6.20 Å². The van der Waals surface area contributed by atoms with Crippen LogP contribution in [0.15, 0.2) is 53.5 Å². The van der Waals surface area contributed by atoms with Crippen LogP contribution in [-0.4, -0.2) is 14.3 Å². The monoisotopic (exact) mass is 353 g/mol.